The van der Waals surface area contributed by atoms with Crippen LogP contribution in [0.15, 0.2) is 96.6 Å². The minimum absolute atomic E-state index is 0.588. The van der Waals surface area contributed by atoms with Crippen LogP contribution in [0.5, 0.6) is 0 Å². The van der Waals surface area contributed by atoms with E-state index in [2.05, 4.69) is 80.6 Å². The molecule has 0 saturated carbocycles. The smallest absolute Gasteiger partial charge is 0.191 e. The molecular weight excluding hydrogens is 396 g/mol. The first kappa shape index (κ1) is 21.3. The molecule has 2 aromatic heterocycles. The number of pyridine rings is 1. The first-order valence-electron chi connectivity index (χ1n) is 10.9. The molecule has 32 heavy (non-hydrogen) atoms. The van der Waals surface area contributed by atoms with Gasteiger partial charge >= 0.3 is 0 Å². The molecule has 0 fully saturated rings. The van der Waals surface area contributed by atoms with Crippen LogP contribution in [0, 0.1) is 0 Å². The van der Waals surface area contributed by atoms with Crippen LogP contribution >= 0.6 is 0 Å². The second kappa shape index (κ2) is 10.9. The summed E-state index contributed by atoms with van der Waals surface area (Å²) in [5.74, 6) is 0.781. The van der Waals surface area contributed by atoms with Crippen LogP contribution in [0.4, 0.5) is 0 Å². The average molecular weight is 425 g/mol. The van der Waals surface area contributed by atoms with Crippen molar-refractivity contribution in [1.82, 2.24) is 25.2 Å². The predicted octanol–water partition coefficient (Wildman–Crippen LogP) is 4.25. The van der Waals surface area contributed by atoms with Crippen molar-refractivity contribution in [2.24, 2.45) is 4.99 Å². The highest BCUT2D eigenvalue weighted by Gasteiger charge is 2.06. The van der Waals surface area contributed by atoms with Crippen LogP contribution in [0.1, 0.15) is 23.7 Å². The van der Waals surface area contributed by atoms with Crippen molar-refractivity contribution in [3.8, 4) is 11.1 Å². The molecule has 2 aromatic carbocycles. The Bertz CT molecular complexity index is 1120. The van der Waals surface area contributed by atoms with E-state index in [9.17, 15) is 0 Å². The normalized spacial score (nSPS) is 11.3. The Morgan fingerprint density at radius 1 is 0.938 bits per heavy atom. The van der Waals surface area contributed by atoms with E-state index in [1.807, 2.05) is 30.7 Å². The van der Waals surface area contributed by atoms with Crippen LogP contribution < -0.4 is 10.6 Å². The molecule has 0 unspecified atom stereocenters. The van der Waals surface area contributed by atoms with Gasteiger partial charge in [-0.25, -0.2) is 9.98 Å². The summed E-state index contributed by atoms with van der Waals surface area (Å²) < 4.78 is 2.07. The van der Waals surface area contributed by atoms with Gasteiger partial charge in [-0.3, -0.25) is 4.98 Å². The van der Waals surface area contributed by atoms with E-state index < -0.39 is 0 Å². The zero-order valence-corrected chi connectivity index (χ0v) is 18.3. The minimum atomic E-state index is 0.588. The number of hydrogen-bond acceptors (Lipinski definition) is 3. The summed E-state index contributed by atoms with van der Waals surface area (Å²) in [5, 5.41) is 6.68. The number of aromatic nitrogens is 3. The summed E-state index contributed by atoms with van der Waals surface area (Å²) in [6, 6.07) is 23.1. The van der Waals surface area contributed by atoms with Gasteiger partial charge < -0.3 is 15.2 Å². The van der Waals surface area contributed by atoms with E-state index in [0.717, 1.165) is 24.7 Å². The van der Waals surface area contributed by atoms with Gasteiger partial charge in [0.1, 0.15) is 0 Å². The van der Waals surface area contributed by atoms with E-state index >= 15 is 0 Å². The maximum atomic E-state index is 4.81. The predicted molar refractivity (Wildman–Crippen MR) is 129 cm³/mol. The number of rotatable bonds is 8. The molecule has 0 bridgehead atoms. The summed E-state index contributed by atoms with van der Waals surface area (Å²) >= 11 is 0. The Kier molecular flexibility index (Phi) is 7.26. The first-order valence-corrected chi connectivity index (χ1v) is 10.9. The van der Waals surface area contributed by atoms with Gasteiger partial charge in [0.2, 0.25) is 0 Å². The van der Waals surface area contributed by atoms with Crippen molar-refractivity contribution in [2.75, 3.05) is 6.54 Å². The second-order valence-corrected chi connectivity index (χ2v) is 7.46. The van der Waals surface area contributed by atoms with Crippen molar-refractivity contribution >= 4 is 5.96 Å². The average Bonchev–Trinajstić information content (AvgIpc) is 3.35. The molecule has 4 aromatic rings. The highest BCUT2D eigenvalue weighted by atomic mass is 15.2. The van der Waals surface area contributed by atoms with E-state index in [-0.39, 0.29) is 0 Å². The highest BCUT2D eigenvalue weighted by molar-refractivity contribution is 5.80. The quantitative estimate of drug-likeness (QED) is 0.328. The van der Waals surface area contributed by atoms with Gasteiger partial charge in [0.05, 0.1) is 25.1 Å². The third kappa shape index (κ3) is 5.82. The summed E-state index contributed by atoms with van der Waals surface area (Å²) in [6.07, 6.45) is 7.42. The number of guanidine groups is 1. The lowest BCUT2D eigenvalue weighted by Crippen LogP contribution is -2.37. The number of imidazole rings is 1. The Hall–Kier alpha value is -3.93. The highest BCUT2D eigenvalue weighted by Crippen LogP contribution is 2.25. The third-order valence-corrected chi connectivity index (χ3v) is 5.12. The fraction of sp³-hybridized carbons (Fsp3) is 0.192. The van der Waals surface area contributed by atoms with Gasteiger partial charge in [-0.1, -0.05) is 54.6 Å². The third-order valence-electron chi connectivity index (χ3n) is 5.12. The SMILES string of the molecule is CCNC(=NCc1ccccc1-c1ccc(Cn2ccnc2)cc1)NCc1ccccn1. The molecule has 6 nitrogen and oxygen atoms in total. The Balaban J connectivity index is 1.47. The number of nitrogens with zero attached hydrogens (tertiary/aromatic N) is 4. The fourth-order valence-corrected chi connectivity index (χ4v) is 3.50. The topological polar surface area (TPSA) is 67.1 Å². The number of nitrogens with one attached hydrogen (secondary N) is 2. The molecule has 0 aliphatic heterocycles. The van der Waals surface area contributed by atoms with Gasteiger partial charge in [-0.15, -0.1) is 0 Å². The van der Waals surface area contributed by atoms with Gasteiger partial charge in [0.15, 0.2) is 5.96 Å². The lowest BCUT2D eigenvalue weighted by molar-refractivity contribution is 0.797. The molecule has 2 N–H and O–H groups in total. The summed E-state index contributed by atoms with van der Waals surface area (Å²) in [4.78, 5) is 13.3. The standard InChI is InChI=1S/C26H28N6/c1-2-28-26(31-18-24-8-5-6-14-29-24)30-17-23-7-3-4-9-25(23)22-12-10-21(11-13-22)19-32-16-15-27-20-32/h3-16,20H,2,17-19H2,1H3,(H2,28,30,31). The largest absolute Gasteiger partial charge is 0.357 e. The maximum absolute atomic E-state index is 4.81. The molecule has 0 aliphatic carbocycles. The summed E-state index contributed by atoms with van der Waals surface area (Å²) in [5.41, 5.74) is 5.80. The molecule has 0 saturated heterocycles. The van der Waals surface area contributed by atoms with Crippen LogP contribution in [0.3, 0.4) is 0 Å². The number of hydrogen-bond donors (Lipinski definition) is 2. The van der Waals surface area contributed by atoms with Crippen LogP contribution in [-0.4, -0.2) is 27.0 Å². The Labute approximate surface area is 189 Å². The van der Waals surface area contributed by atoms with Crippen molar-refractivity contribution in [3.05, 3.63) is 108 Å². The first-order chi connectivity index (χ1) is 15.8. The molecule has 4 rings (SSSR count). The van der Waals surface area contributed by atoms with Crippen molar-refractivity contribution in [2.45, 2.75) is 26.6 Å². The number of benzene rings is 2. The molecule has 0 aliphatic rings. The van der Waals surface area contributed by atoms with E-state index in [1.54, 1.807) is 12.4 Å². The minimum Gasteiger partial charge on any atom is -0.357 e. The number of aliphatic imine (C=N–C) groups is 1. The molecule has 0 atom stereocenters. The Morgan fingerprint density at radius 2 is 1.78 bits per heavy atom. The summed E-state index contributed by atoms with van der Waals surface area (Å²) in [7, 11) is 0. The lowest BCUT2D eigenvalue weighted by Gasteiger charge is -2.13. The van der Waals surface area contributed by atoms with Gasteiger partial charge in [0, 0.05) is 31.7 Å². The van der Waals surface area contributed by atoms with Crippen molar-refractivity contribution in [3.63, 3.8) is 0 Å². The molecule has 0 spiro atoms. The van der Waals surface area contributed by atoms with Crippen molar-refractivity contribution in [1.29, 1.82) is 0 Å². The maximum Gasteiger partial charge on any atom is 0.191 e. The molecular formula is C26H28N6. The van der Waals surface area contributed by atoms with Crippen LogP contribution in [0.25, 0.3) is 11.1 Å². The van der Waals surface area contributed by atoms with E-state index in [1.165, 1.54) is 22.3 Å². The molecule has 6 heteroatoms. The van der Waals surface area contributed by atoms with Crippen LogP contribution in [-0.2, 0) is 19.6 Å². The lowest BCUT2D eigenvalue weighted by atomic mass is 9.98. The van der Waals surface area contributed by atoms with Gasteiger partial charge in [-0.2, -0.15) is 0 Å². The fourth-order valence-electron chi connectivity index (χ4n) is 3.50. The van der Waals surface area contributed by atoms with Gasteiger partial charge in [0.25, 0.3) is 0 Å². The van der Waals surface area contributed by atoms with Crippen LogP contribution in [0.2, 0.25) is 0 Å². The zero-order chi connectivity index (χ0) is 22.0. The van der Waals surface area contributed by atoms with Gasteiger partial charge in [-0.05, 0) is 41.3 Å². The molecule has 2 heterocycles. The van der Waals surface area contributed by atoms with E-state index in [4.69, 9.17) is 4.99 Å². The molecule has 0 radical (unpaired) electrons. The monoisotopic (exact) mass is 424 g/mol. The van der Waals surface area contributed by atoms with Crippen molar-refractivity contribution < 1.29 is 0 Å². The molecule has 162 valence electrons. The zero-order valence-electron chi connectivity index (χ0n) is 18.3. The molecule has 0 amide bonds. The van der Waals surface area contributed by atoms with E-state index in [0.29, 0.717) is 13.1 Å². The Morgan fingerprint density at radius 3 is 2.53 bits per heavy atom. The summed E-state index contributed by atoms with van der Waals surface area (Å²) in [6.45, 7) is 4.91. The second-order valence-electron chi connectivity index (χ2n) is 7.46.